The van der Waals surface area contributed by atoms with Gasteiger partial charge in [-0.15, -0.1) is 0 Å². The van der Waals surface area contributed by atoms with Crippen molar-refractivity contribution in [2.24, 2.45) is 0 Å². The monoisotopic (exact) mass is 291 g/mol. The minimum atomic E-state index is -2.99. The maximum Gasteiger partial charge on any atom is 0.289 e. The Hall–Kier alpha value is -1.82. The third kappa shape index (κ3) is 1.61. The first-order valence-corrected chi connectivity index (χ1v) is 8.27. The SMILES string of the molecule is O=C(c1cc2ccccc2o1)N1CC2CC1CS2(=O)=O. The Morgan fingerprint density at radius 3 is 2.75 bits per heavy atom. The largest absolute Gasteiger partial charge is 0.451 e. The number of fused-ring (bicyclic) bond motifs is 3. The lowest BCUT2D eigenvalue weighted by Crippen LogP contribution is -2.43. The zero-order valence-corrected chi connectivity index (χ0v) is 11.5. The molecule has 2 fully saturated rings. The van der Waals surface area contributed by atoms with Gasteiger partial charge in [0.15, 0.2) is 15.6 Å². The number of hydrogen-bond acceptors (Lipinski definition) is 4. The third-order valence-corrected chi connectivity index (χ3v) is 6.41. The summed E-state index contributed by atoms with van der Waals surface area (Å²) in [6, 6.07) is 8.97. The molecule has 104 valence electrons. The van der Waals surface area contributed by atoms with E-state index in [0.717, 1.165) is 5.39 Å². The molecule has 1 aromatic heterocycles. The van der Waals surface area contributed by atoms with E-state index in [1.54, 1.807) is 11.0 Å². The molecule has 20 heavy (non-hydrogen) atoms. The summed E-state index contributed by atoms with van der Waals surface area (Å²) in [4.78, 5) is 14.1. The number of furan rings is 1. The number of amides is 1. The average molecular weight is 291 g/mol. The molecule has 3 heterocycles. The van der Waals surface area contributed by atoms with Crippen LogP contribution in [0.2, 0.25) is 0 Å². The molecule has 2 aliphatic heterocycles. The van der Waals surface area contributed by atoms with Gasteiger partial charge in [0, 0.05) is 18.0 Å². The van der Waals surface area contributed by atoms with Crippen LogP contribution in [-0.4, -0.2) is 42.8 Å². The van der Waals surface area contributed by atoms with Gasteiger partial charge in [-0.1, -0.05) is 18.2 Å². The quantitative estimate of drug-likeness (QED) is 0.797. The number of carbonyl (C=O) groups excluding carboxylic acids is 1. The number of nitrogens with zero attached hydrogens (tertiary/aromatic N) is 1. The van der Waals surface area contributed by atoms with Gasteiger partial charge in [-0.2, -0.15) is 0 Å². The Kier molecular flexibility index (Phi) is 2.30. The van der Waals surface area contributed by atoms with Crippen LogP contribution in [0.4, 0.5) is 0 Å². The van der Waals surface area contributed by atoms with Gasteiger partial charge in [0.2, 0.25) is 0 Å². The predicted molar refractivity (Wildman–Crippen MR) is 73.2 cm³/mol. The first kappa shape index (κ1) is 12.0. The zero-order chi connectivity index (χ0) is 13.9. The summed E-state index contributed by atoms with van der Waals surface area (Å²) in [5.74, 6) is 0.170. The van der Waals surface area contributed by atoms with E-state index in [9.17, 15) is 13.2 Å². The Labute approximate surface area is 116 Å². The van der Waals surface area contributed by atoms with Crippen molar-refractivity contribution in [2.75, 3.05) is 12.3 Å². The molecule has 2 atom stereocenters. The van der Waals surface area contributed by atoms with E-state index in [0.29, 0.717) is 18.5 Å². The lowest BCUT2D eigenvalue weighted by Gasteiger charge is -2.25. The van der Waals surface area contributed by atoms with E-state index in [1.807, 2.05) is 24.3 Å². The Balaban J connectivity index is 1.66. The van der Waals surface area contributed by atoms with Crippen LogP contribution in [0.3, 0.4) is 0 Å². The molecule has 2 aromatic rings. The molecule has 2 aliphatic rings. The van der Waals surface area contributed by atoms with Crippen molar-refractivity contribution >= 4 is 26.7 Å². The van der Waals surface area contributed by atoms with Gasteiger partial charge < -0.3 is 9.32 Å². The molecule has 0 saturated carbocycles. The Morgan fingerprint density at radius 1 is 1.30 bits per heavy atom. The fraction of sp³-hybridized carbons (Fsp3) is 0.357. The highest BCUT2D eigenvalue weighted by atomic mass is 32.2. The van der Waals surface area contributed by atoms with Crippen molar-refractivity contribution in [1.29, 1.82) is 0 Å². The van der Waals surface area contributed by atoms with Crippen LogP contribution < -0.4 is 0 Å². The van der Waals surface area contributed by atoms with Crippen molar-refractivity contribution in [2.45, 2.75) is 17.7 Å². The highest BCUT2D eigenvalue weighted by molar-refractivity contribution is 7.92. The summed E-state index contributed by atoms with van der Waals surface area (Å²) in [5.41, 5.74) is 0.674. The van der Waals surface area contributed by atoms with Gasteiger partial charge in [-0.25, -0.2) is 8.42 Å². The molecule has 1 amide bonds. The van der Waals surface area contributed by atoms with Gasteiger partial charge in [0.1, 0.15) is 5.58 Å². The van der Waals surface area contributed by atoms with Crippen LogP contribution in [0.5, 0.6) is 0 Å². The molecular formula is C14H13NO4S. The standard InChI is InChI=1S/C14H13NO4S/c16-14(13-5-9-3-1-2-4-12(9)19-13)15-7-11-6-10(15)8-20(11,17)18/h1-5,10-11H,6-8H2. The maximum absolute atomic E-state index is 12.5. The van der Waals surface area contributed by atoms with Gasteiger partial charge in [0.25, 0.3) is 5.91 Å². The maximum atomic E-state index is 12.5. The number of sulfone groups is 1. The zero-order valence-electron chi connectivity index (χ0n) is 10.7. The summed E-state index contributed by atoms with van der Waals surface area (Å²) in [6.45, 7) is 0.295. The molecule has 0 aliphatic carbocycles. The molecule has 6 heteroatoms. The van der Waals surface area contributed by atoms with Gasteiger partial charge in [-0.05, 0) is 18.6 Å². The number of benzene rings is 1. The van der Waals surface area contributed by atoms with E-state index < -0.39 is 9.84 Å². The minimum Gasteiger partial charge on any atom is -0.451 e. The van der Waals surface area contributed by atoms with Crippen LogP contribution in [0, 0.1) is 0 Å². The van der Waals surface area contributed by atoms with Gasteiger partial charge in [0.05, 0.1) is 11.0 Å². The lowest BCUT2D eigenvalue weighted by molar-refractivity contribution is 0.0716. The Bertz CT molecular complexity index is 774. The van der Waals surface area contributed by atoms with E-state index in [4.69, 9.17) is 4.42 Å². The summed E-state index contributed by atoms with van der Waals surface area (Å²) in [7, 11) is -2.99. The molecule has 0 spiro atoms. The predicted octanol–water partition coefficient (Wildman–Crippen LogP) is 1.44. The summed E-state index contributed by atoms with van der Waals surface area (Å²) >= 11 is 0. The fourth-order valence-corrected chi connectivity index (χ4v) is 5.20. The third-order valence-electron chi connectivity index (χ3n) is 4.21. The second-order valence-electron chi connectivity index (χ2n) is 5.45. The van der Waals surface area contributed by atoms with Crippen molar-refractivity contribution in [3.05, 3.63) is 36.1 Å². The topological polar surface area (TPSA) is 67.6 Å². The average Bonchev–Trinajstić information content (AvgIpc) is 3.07. The van der Waals surface area contributed by atoms with Crippen LogP contribution >= 0.6 is 0 Å². The summed E-state index contributed by atoms with van der Waals surface area (Å²) in [5, 5.41) is 0.494. The van der Waals surface area contributed by atoms with E-state index in [2.05, 4.69) is 0 Å². The van der Waals surface area contributed by atoms with Crippen molar-refractivity contribution in [3.63, 3.8) is 0 Å². The molecular weight excluding hydrogens is 278 g/mol. The molecule has 5 nitrogen and oxygen atoms in total. The number of carbonyl (C=O) groups is 1. The smallest absolute Gasteiger partial charge is 0.289 e. The highest BCUT2D eigenvalue weighted by Crippen LogP contribution is 2.34. The van der Waals surface area contributed by atoms with Crippen LogP contribution in [0.25, 0.3) is 11.0 Å². The number of hydrogen-bond donors (Lipinski definition) is 0. The molecule has 1 aromatic carbocycles. The Morgan fingerprint density at radius 2 is 2.10 bits per heavy atom. The van der Waals surface area contributed by atoms with Crippen molar-refractivity contribution in [1.82, 2.24) is 4.90 Å². The molecule has 2 saturated heterocycles. The summed E-state index contributed by atoms with van der Waals surface area (Å²) in [6.07, 6.45) is 0.564. The first-order chi connectivity index (χ1) is 9.54. The molecule has 0 N–H and O–H groups in total. The van der Waals surface area contributed by atoms with Crippen LogP contribution in [0.1, 0.15) is 17.0 Å². The second-order valence-corrected chi connectivity index (χ2v) is 7.77. The second kappa shape index (κ2) is 3.85. The lowest BCUT2D eigenvalue weighted by atomic mass is 10.2. The number of likely N-dealkylation sites (tertiary alicyclic amines) is 1. The number of rotatable bonds is 1. The van der Waals surface area contributed by atoms with Gasteiger partial charge in [-0.3, -0.25) is 4.79 Å². The van der Waals surface area contributed by atoms with E-state index in [1.165, 1.54) is 0 Å². The normalized spacial score (nSPS) is 27.3. The van der Waals surface area contributed by atoms with Crippen molar-refractivity contribution in [3.8, 4) is 0 Å². The fourth-order valence-electron chi connectivity index (χ4n) is 3.17. The van der Waals surface area contributed by atoms with E-state index >= 15 is 0 Å². The first-order valence-electron chi connectivity index (χ1n) is 6.56. The van der Waals surface area contributed by atoms with Gasteiger partial charge >= 0.3 is 0 Å². The minimum absolute atomic E-state index is 0.0869. The molecule has 0 radical (unpaired) electrons. The van der Waals surface area contributed by atoms with Crippen LogP contribution in [-0.2, 0) is 9.84 Å². The number of para-hydroxylation sites is 1. The van der Waals surface area contributed by atoms with Crippen LogP contribution in [0.15, 0.2) is 34.7 Å². The summed E-state index contributed by atoms with van der Waals surface area (Å²) < 4.78 is 29.0. The highest BCUT2D eigenvalue weighted by Gasteiger charge is 2.50. The molecule has 2 bridgehead atoms. The molecule has 2 unspecified atom stereocenters. The van der Waals surface area contributed by atoms with Crippen molar-refractivity contribution < 1.29 is 17.6 Å². The van der Waals surface area contributed by atoms with E-state index in [-0.39, 0.29) is 28.7 Å². The molecule has 4 rings (SSSR count).